The largest absolute Gasteiger partial charge is 0.494 e. The number of amides is 1. The molecule has 0 heterocycles. The molecular formula is C15H15FN2O2. The SMILES string of the molecule is COc1ccc(C(=O)Nc2cccc(N)c2C)cc1F. The van der Waals surface area contributed by atoms with Gasteiger partial charge >= 0.3 is 0 Å². The number of ether oxygens (including phenoxy) is 1. The predicted molar refractivity (Wildman–Crippen MR) is 76.5 cm³/mol. The lowest BCUT2D eigenvalue weighted by Crippen LogP contribution is -2.13. The second-order valence-corrected chi connectivity index (χ2v) is 4.32. The molecule has 20 heavy (non-hydrogen) atoms. The van der Waals surface area contributed by atoms with Gasteiger partial charge in [0.1, 0.15) is 0 Å². The lowest BCUT2D eigenvalue weighted by Gasteiger charge is -2.10. The van der Waals surface area contributed by atoms with Crippen molar-refractivity contribution >= 4 is 17.3 Å². The standard InChI is InChI=1S/C15H15FN2O2/c1-9-12(17)4-3-5-13(9)18-15(19)10-6-7-14(20-2)11(16)8-10/h3-8H,17H2,1-2H3,(H,18,19). The van der Waals surface area contributed by atoms with Crippen LogP contribution in [0.2, 0.25) is 0 Å². The van der Waals surface area contributed by atoms with Crippen LogP contribution in [0.5, 0.6) is 5.75 Å². The molecule has 2 aromatic rings. The van der Waals surface area contributed by atoms with Crippen molar-refractivity contribution in [2.24, 2.45) is 0 Å². The number of methoxy groups -OCH3 is 1. The molecule has 0 aromatic heterocycles. The van der Waals surface area contributed by atoms with Gasteiger partial charge in [0.2, 0.25) is 0 Å². The van der Waals surface area contributed by atoms with Gasteiger partial charge in [0.15, 0.2) is 11.6 Å². The minimum Gasteiger partial charge on any atom is -0.494 e. The van der Waals surface area contributed by atoms with Crippen molar-refractivity contribution in [1.29, 1.82) is 0 Å². The van der Waals surface area contributed by atoms with Gasteiger partial charge in [0.25, 0.3) is 5.91 Å². The number of rotatable bonds is 3. The number of nitrogens with one attached hydrogen (secondary N) is 1. The van der Waals surface area contributed by atoms with Crippen LogP contribution < -0.4 is 15.8 Å². The fraction of sp³-hybridized carbons (Fsp3) is 0.133. The lowest BCUT2D eigenvalue weighted by atomic mass is 10.1. The Morgan fingerprint density at radius 1 is 1.30 bits per heavy atom. The van der Waals surface area contributed by atoms with Crippen molar-refractivity contribution in [3.8, 4) is 5.75 Å². The summed E-state index contributed by atoms with van der Waals surface area (Å²) >= 11 is 0. The summed E-state index contributed by atoms with van der Waals surface area (Å²) < 4.78 is 18.4. The minimum atomic E-state index is -0.579. The van der Waals surface area contributed by atoms with Crippen LogP contribution in [0.3, 0.4) is 0 Å². The van der Waals surface area contributed by atoms with Crippen molar-refractivity contribution in [2.45, 2.75) is 6.92 Å². The normalized spacial score (nSPS) is 10.2. The minimum absolute atomic E-state index is 0.0988. The van der Waals surface area contributed by atoms with Gasteiger partial charge in [-0.15, -0.1) is 0 Å². The van der Waals surface area contributed by atoms with Gasteiger partial charge in [-0.3, -0.25) is 4.79 Å². The summed E-state index contributed by atoms with van der Waals surface area (Å²) in [5.74, 6) is -0.883. The monoisotopic (exact) mass is 274 g/mol. The summed E-state index contributed by atoms with van der Waals surface area (Å²) in [6, 6.07) is 9.28. The Balaban J connectivity index is 2.24. The average Bonchev–Trinajstić information content (AvgIpc) is 2.43. The van der Waals surface area contributed by atoms with Gasteiger partial charge in [0, 0.05) is 16.9 Å². The summed E-state index contributed by atoms with van der Waals surface area (Å²) in [4.78, 5) is 12.1. The molecule has 0 aliphatic heterocycles. The number of nitrogen functional groups attached to an aromatic ring is 1. The van der Waals surface area contributed by atoms with Gasteiger partial charge in [-0.05, 0) is 42.8 Å². The molecule has 0 radical (unpaired) electrons. The summed E-state index contributed by atoms with van der Waals surface area (Å²) in [7, 11) is 1.37. The van der Waals surface area contributed by atoms with Gasteiger partial charge in [0.05, 0.1) is 7.11 Å². The third-order valence-corrected chi connectivity index (χ3v) is 3.04. The molecule has 4 nitrogen and oxygen atoms in total. The first-order valence-electron chi connectivity index (χ1n) is 6.03. The number of hydrogen-bond donors (Lipinski definition) is 2. The Kier molecular flexibility index (Phi) is 3.89. The quantitative estimate of drug-likeness (QED) is 0.846. The zero-order valence-corrected chi connectivity index (χ0v) is 11.2. The van der Waals surface area contributed by atoms with Gasteiger partial charge in [-0.25, -0.2) is 4.39 Å². The van der Waals surface area contributed by atoms with Crippen molar-refractivity contribution in [1.82, 2.24) is 0 Å². The molecular weight excluding hydrogens is 259 g/mol. The van der Waals surface area contributed by atoms with E-state index in [9.17, 15) is 9.18 Å². The van der Waals surface area contributed by atoms with Crippen LogP contribution in [0, 0.1) is 12.7 Å². The summed E-state index contributed by atoms with van der Waals surface area (Å²) in [5.41, 5.74) is 7.95. The molecule has 2 rings (SSSR count). The highest BCUT2D eigenvalue weighted by atomic mass is 19.1. The highest BCUT2D eigenvalue weighted by Gasteiger charge is 2.11. The van der Waals surface area contributed by atoms with Crippen LogP contribution in [0.1, 0.15) is 15.9 Å². The van der Waals surface area contributed by atoms with E-state index in [0.29, 0.717) is 11.4 Å². The highest BCUT2D eigenvalue weighted by Crippen LogP contribution is 2.22. The van der Waals surface area contributed by atoms with Crippen LogP contribution in [0.15, 0.2) is 36.4 Å². The first-order chi connectivity index (χ1) is 9.52. The number of anilines is 2. The molecule has 0 atom stereocenters. The summed E-state index contributed by atoms with van der Waals surface area (Å²) in [6.07, 6.45) is 0. The molecule has 0 unspecified atom stereocenters. The third kappa shape index (κ3) is 2.71. The lowest BCUT2D eigenvalue weighted by molar-refractivity contribution is 0.102. The second kappa shape index (κ2) is 5.61. The van der Waals surface area contributed by atoms with E-state index >= 15 is 0 Å². The molecule has 0 saturated carbocycles. The molecule has 0 spiro atoms. The van der Waals surface area contributed by atoms with Crippen molar-refractivity contribution in [2.75, 3.05) is 18.2 Å². The highest BCUT2D eigenvalue weighted by molar-refractivity contribution is 6.05. The predicted octanol–water partition coefficient (Wildman–Crippen LogP) is 2.98. The zero-order valence-electron chi connectivity index (χ0n) is 11.2. The van der Waals surface area contributed by atoms with E-state index in [1.165, 1.54) is 19.2 Å². The Morgan fingerprint density at radius 3 is 2.70 bits per heavy atom. The van der Waals surface area contributed by atoms with Crippen LogP contribution in [0.25, 0.3) is 0 Å². The molecule has 0 fully saturated rings. The number of benzene rings is 2. The maximum Gasteiger partial charge on any atom is 0.255 e. The van der Waals surface area contributed by atoms with Crippen molar-refractivity contribution < 1.29 is 13.9 Å². The average molecular weight is 274 g/mol. The topological polar surface area (TPSA) is 64.3 Å². The third-order valence-electron chi connectivity index (χ3n) is 3.04. The first kappa shape index (κ1) is 13.9. The maximum absolute atomic E-state index is 13.6. The summed E-state index contributed by atoms with van der Waals surface area (Å²) in [5, 5.41) is 2.71. The van der Waals surface area contributed by atoms with Crippen LogP contribution >= 0.6 is 0 Å². The second-order valence-electron chi connectivity index (χ2n) is 4.32. The molecule has 104 valence electrons. The van der Waals surface area contributed by atoms with E-state index in [1.807, 2.05) is 0 Å². The van der Waals surface area contributed by atoms with Gasteiger partial charge in [-0.1, -0.05) is 6.07 Å². The van der Waals surface area contributed by atoms with Gasteiger partial charge < -0.3 is 15.8 Å². The zero-order chi connectivity index (χ0) is 14.7. The Hall–Kier alpha value is -2.56. The molecule has 1 amide bonds. The molecule has 0 saturated heterocycles. The van der Waals surface area contributed by atoms with Gasteiger partial charge in [-0.2, -0.15) is 0 Å². The molecule has 0 bridgehead atoms. The first-order valence-corrected chi connectivity index (χ1v) is 6.03. The molecule has 2 aromatic carbocycles. The summed E-state index contributed by atoms with van der Waals surface area (Å²) in [6.45, 7) is 1.81. The van der Waals surface area contributed by atoms with Crippen LogP contribution in [-0.4, -0.2) is 13.0 Å². The van der Waals surface area contributed by atoms with Crippen molar-refractivity contribution in [3.05, 3.63) is 53.3 Å². The van der Waals surface area contributed by atoms with E-state index in [-0.39, 0.29) is 11.3 Å². The molecule has 5 heteroatoms. The molecule has 0 aliphatic carbocycles. The smallest absolute Gasteiger partial charge is 0.255 e. The maximum atomic E-state index is 13.6. The molecule has 0 aliphatic rings. The fourth-order valence-corrected chi connectivity index (χ4v) is 1.79. The van der Waals surface area contributed by atoms with E-state index in [0.717, 1.165) is 11.6 Å². The number of carbonyl (C=O) groups excluding carboxylic acids is 1. The Bertz CT molecular complexity index is 656. The number of carbonyl (C=O) groups is 1. The number of hydrogen-bond acceptors (Lipinski definition) is 3. The van der Waals surface area contributed by atoms with Crippen LogP contribution in [-0.2, 0) is 0 Å². The fourth-order valence-electron chi connectivity index (χ4n) is 1.79. The van der Waals surface area contributed by atoms with E-state index < -0.39 is 11.7 Å². The van der Waals surface area contributed by atoms with E-state index in [2.05, 4.69) is 5.32 Å². The Morgan fingerprint density at radius 2 is 2.05 bits per heavy atom. The number of nitrogens with two attached hydrogens (primary N) is 1. The molecule has 3 N–H and O–H groups in total. The Labute approximate surface area is 116 Å². The number of halogens is 1. The van der Waals surface area contributed by atoms with Crippen LogP contribution in [0.4, 0.5) is 15.8 Å². The van der Waals surface area contributed by atoms with E-state index in [1.54, 1.807) is 25.1 Å². The van der Waals surface area contributed by atoms with E-state index in [4.69, 9.17) is 10.5 Å². The van der Waals surface area contributed by atoms with Crippen molar-refractivity contribution in [3.63, 3.8) is 0 Å².